The number of benzene rings is 1. The lowest BCUT2D eigenvalue weighted by molar-refractivity contribution is -0.128. The van der Waals surface area contributed by atoms with Crippen LogP contribution in [0.5, 0.6) is 5.75 Å². The molecule has 1 aromatic carbocycles. The van der Waals surface area contributed by atoms with Gasteiger partial charge in [0.15, 0.2) is 6.10 Å². The second kappa shape index (κ2) is 7.14. The Kier molecular flexibility index (Phi) is 5.48. The van der Waals surface area contributed by atoms with Gasteiger partial charge in [-0.05, 0) is 52.4 Å². The fraction of sp³-hybridized carbons (Fsp3) is 0.562. The van der Waals surface area contributed by atoms with Gasteiger partial charge < -0.3 is 15.0 Å². The van der Waals surface area contributed by atoms with Crippen LogP contribution in [0.2, 0.25) is 5.02 Å². The first-order chi connectivity index (χ1) is 9.99. The largest absolute Gasteiger partial charge is 0.479 e. The number of nitrogens with one attached hydrogen (secondary N) is 1. The van der Waals surface area contributed by atoms with Crippen molar-refractivity contribution in [3.63, 3.8) is 0 Å². The molecule has 0 aromatic heterocycles. The number of ether oxygens (including phenoxy) is 1. The average molecular weight is 311 g/mol. The molecule has 1 aliphatic carbocycles. The van der Waals surface area contributed by atoms with Gasteiger partial charge in [-0.3, -0.25) is 4.79 Å². The molecule has 4 nitrogen and oxygen atoms in total. The van der Waals surface area contributed by atoms with Gasteiger partial charge >= 0.3 is 0 Å². The monoisotopic (exact) mass is 310 g/mol. The first-order valence-corrected chi connectivity index (χ1v) is 7.75. The smallest absolute Gasteiger partial charge is 0.261 e. The Bertz CT molecular complexity index is 493. The van der Waals surface area contributed by atoms with E-state index in [1.165, 1.54) is 0 Å². The van der Waals surface area contributed by atoms with Gasteiger partial charge in [-0.15, -0.1) is 0 Å². The van der Waals surface area contributed by atoms with Gasteiger partial charge in [0.2, 0.25) is 0 Å². The zero-order valence-corrected chi connectivity index (χ0v) is 13.6. The van der Waals surface area contributed by atoms with Crippen LogP contribution in [-0.4, -0.2) is 43.1 Å². The third kappa shape index (κ3) is 4.11. The minimum atomic E-state index is -0.562. The van der Waals surface area contributed by atoms with Crippen molar-refractivity contribution in [2.45, 2.75) is 44.4 Å². The molecule has 1 aliphatic rings. The average Bonchev–Trinajstić information content (AvgIpc) is 2.89. The van der Waals surface area contributed by atoms with Gasteiger partial charge in [-0.1, -0.05) is 23.7 Å². The lowest BCUT2D eigenvalue weighted by atomic mass is 10.1. The van der Waals surface area contributed by atoms with Gasteiger partial charge in [0.25, 0.3) is 5.91 Å². The molecule has 0 bridgehead atoms. The van der Waals surface area contributed by atoms with E-state index in [1.54, 1.807) is 19.1 Å². The van der Waals surface area contributed by atoms with E-state index >= 15 is 0 Å². The van der Waals surface area contributed by atoms with Crippen LogP contribution in [0.1, 0.15) is 26.2 Å². The lowest BCUT2D eigenvalue weighted by Crippen LogP contribution is -2.49. The molecule has 2 rings (SSSR count). The molecule has 3 atom stereocenters. The molecule has 1 fully saturated rings. The molecule has 0 aliphatic heterocycles. The van der Waals surface area contributed by atoms with Gasteiger partial charge in [0.1, 0.15) is 5.75 Å². The zero-order valence-electron chi connectivity index (χ0n) is 12.8. The summed E-state index contributed by atoms with van der Waals surface area (Å²) < 4.78 is 5.66. The number of carbonyl (C=O) groups excluding carboxylic acids is 1. The zero-order chi connectivity index (χ0) is 15.4. The number of nitrogens with zero attached hydrogens (tertiary/aromatic N) is 1. The van der Waals surface area contributed by atoms with Gasteiger partial charge in [0.05, 0.1) is 5.02 Å². The predicted octanol–water partition coefficient (Wildman–Crippen LogP) is 2.71. The van der Waals surface area contributed by atoms with Crippen LogP contribution < -0.4 is 10.1 Å². The molecule has 0 saturated heterocycles. The predicted molar refractivity (Wildman–Crippen MR) is 84.8 cm³/mol. The van der Waals surface area contributed by atoms with Crippen LogP contribution in [0.4, 0.5) is 0 Å². The Labute approximate surface area is 131 Å². The number of halogens is 1. The summed E-state index contributed by atoms with van der Waals surface area (Å²) in [5.41, 5.74) is 0. The molecule has 1 N–H and O–H groups in total. The van der Waals surface area contributed by atoms with E-state index in [4.69, 9.17) is 16.3 Å². The fourth-order valence-corrected chi connectivity index (χ4v) is 2.99. The number of amides is 1. The number of rotatable bonds is 5. The van der Waals surface area contributed by atoms with Gasteiger partial charge in [-0.25, -0.2) is 0 Å². The molecule has 0 unspecified atom stereocenters. The summed E-state index contributed by atoms with van der Waals surface area (Å²) >= 11 is 6.04. The molecular weight excluding hydrogens is 288 g/mol. The highest BCUT2D eigenvalue weighted by Gasteiger charge is 2.31. The maximum atomic E-state index is 12.3. The quantitative estimate of drug-likeness (QED) is 0.909. The summed E-state index contributed by atoms with van der Waals surface area (Å²) in [5.74, 6) is 0.450. The van der Waals surface area contributed by atoms with E-state index in [0.717, 1.165) is 19.3 Å². The van der Waals surface area contributed by atoms with Crippen LogP contribution in [-0.2, 0) is 4.79 Å². The third-order valence-corrected chi connectivity index (χ3v) is 4.29. The maximum absolute atomic E-state index is 12.3. The Morgan fingerprint density at radius 3 is 2.76 bits per heavy atom. The first kappa shape index (κ1) is 16.1. The molecule has 1 saturated carbocycles. The standard InChI is InChI=1S/C16H23ClN2O2/c1-11(21-15-10-5-4-7-12(15)17)16(20)18-13-8-6-9-14(13)19(2)3/h4-5,7,10-11,13-14H,6,8-9H2,1-3H3,(H,18,20)/t11-,13-,14-/m0/s1. The van der Waals surface area contributed by atoms with Crippen LogP contribution in [0.25, 0.3) is 0 Å². The highest BCUT2D eigenvalue weighted by Crippen LogP contribution is 2.25. The second-order valence-corrected chi connectivity index (χ2v) is 6.17. The van der Waals surface area contributed by atoms with Crippen molar-refractivity contribution in [1.82, 2.24) is 10.2 Å². The molecule has 21 heavy (non-hydrogen) atoms. The summed E-state index contributed by atoms with van der Waals surface area (Å²) in [6.45, 7) is 1.75. The van der Waals surface area contributed by atoms with Crippen molar-refractivity contribution in [1.29, 1.82) is 0 Å². The molecule has 0 heterocycles. The Hall–Kier alpha value is -1.26. The molecule has 1 amide bonds. The summed E-state index contributed by atoms with van der Waals surface area (Å²) in [4.78, 5) is 14.5. The van der Waals surface area contributed by atoms with Gasteiger partial charge in [-0.2, -0.15) is 0 Å². The van der Waals surface area contributed by atoms with Crippen molar-refractivity contribution >= 4 is 17.5 Å². The van der Waals surface area contributed by atoms with E-state index in [-0.39, 0.29) is 11.9 Å². The van der Waals surface area contributed by atoms with Crippen molar-refractivity contribution < 1.29 is 9.53 Å². The summed E-state index contributed by atoms with van der Waals surface area (Å²) in [6.07, 6.45) is 2.73. The van der Waals surface area contributed by atoms with Crippen molar-refractivity contribution in [2.24, 2.45) is 0 Å². The van der Waals surface area contributed by atoms with Crippen molar-refractivity contribution in [3.05, 3.63) is 29.3 Å². The molecule has 5 heteroatoms. The third-order valence-electron chi connectivity index (χ3n) is 3.98. The Morgan fingerprint density at radius 1 is 1.38 bits per heavy atom. The number of para-hydroxylation sites is 1. The summed E-state index contributed by atoms with van der Waals surface area (Å²) in [7, 11) is 4.11. The van der Waals surface area contributed by atoms with Crippen LogP contribution in [0.15, 0.2) is 24.3 Å². The first-order valence-electron chi connectivity index (χ1n) is 7.37. The normalized spacial score (nSPS) is 23.1. The van der Waals surface area contributed by atoms with E-state index in [2.05, 4.69) is 24.3 Å². The lowest BCUT2D eigenvalue weighted by Gasteiger charge is -2.28. The molecular formula is C16H23ClN2O2. The number of carbonyl (C=O) groups is 1. The second-order valence-electron chi connectivity index (χ2n) is 5.77. The minimum Gasteiger partial charge on any atom is -0.479 e. The molecule has 0 spiro atoms. The van der Waals surface area contributed by atoms with E-state index < -0.39 is 6.10 Å². The molecule has 0 radical (unpaired) electrons. The highest BCUT2D eigenvalue weighted by atomic mass is 35.5. The fourth-order valence-electron chi connectivity index (χ4n) is 2.81. The van der Waals surface area contributed by atoms with E-state index in [9.17, 15) is 4.79 Å². The Morgan fingerprint density at radius 2 is 2.10 bits per heavy atom. The summed E-state index contributed by atoms with van der Waals surface area (Å²) in [6, 6.07) is 7.79. The Balaban J connectivity index is 1.92. The van der Waals surface area contributed by atoms with Crippen LogP contribution in [0, 0.1) is 0 Å². The summed E-state index contributed by atoms with van der Waals surface area (Å²) in [5, 5.41) is 3.62. The topological polar surface area (TPSA) is 41.6 Å². The van der Waals surface area contributed by atoms with E-state index in [1.807, 2.05) is 12.1 Å². The molecule has 1 aromatic rings. The number of hydrogen-bond donors (Lipinski definition) is 1. The van der Waals surface area contributed by atoms with Gasteiger partial charge in [0, 0.05) is 12.1 Å². The maximum Gasteiger partial charge on any atom is 0.261 e. The number of hydrogen-bond acceptors (Lipinski definition) is 3. The van der Waals surface area contributed by atoms with Crippen LogP contribution >= 0.6 is 11.6 Å². The highest BCUT2D eigenvalue weighted by molar-refractivity contribution is 6.32. The number of likely N-dealkylation sites (N-methyl/N-ethyl adjacent to an activating group) is 1. The molecule has 116 valence electrons. The minimum absolute atomic E-state index is 0.0892. The van der Waals surface area contributed by atoms with Crippen molar-refractivity contribution in [2.75, 3.05) is 14.1 Å². The SMILES string of the molecule is C[C@H](Oc1ccccc1Cl)C(=O)N[C@H]1CCC[C@@H]1N(C)C. The van der Waals surface area contributed by atoms with Crippen molar-refractivity contribution in [3.8, 4) is 5.75 Å². The van der Waals surface area contributed by atoms with Crippen LogP contribution in [0.3, 0.4) is 0 Å². The van der Waals surface area contributed by atoms with E-state index in [0.29, 0.717) is 16.8 Å².